The molecule has 0 aliphatic heterocycles. The first-order valence-corrected chi connectivity index (χ1v) is 13.4. The number of benzene rings is 3. The first-order valence-electron chi connectivity index (χ1n) is 11.4. The first kappa shape index (κ1) is 26.2. The van der Waals surface area contributed by atoms with Gasteiger partial charge in [-0.05, 0) is 60.2 Å². The van der Waals surface area contributed by atoms with Crippen molar-refractivity contribution in [2.24, 2.45) is 0 Å². The normalized spacial score (nSPS) is 11.1. The van der Waals surface area contributed by atoms with Crippen LogP contribution >= 0.6 is 46.1 Å². The van der Waals surface area contributed by atoms with Crippen molar-refractivity contribution in [1.29, 1.82) is 0 Å². The van der Waals surface area contributed by atoms with Crippen LogP contribution in [0.4, 0.5) is 0 Å². The number of fused-ring (bicyclic) bond motifs is 1. The van der Waals surface area contributed by atoms with Crippen LogP contribution in [0.2, 0.25) is 15.1 Å². The van der Waals surface area contributed by atoms with Gasteiger partial charge in [0.25, 0.3) is 5.91 Å². The summed E-state index contributed by atoms with van der Waals surface area (Å²) in [6.45, 7) is 0.484. The van der Waals surface area contributed by atoms with Crippen LogP contribution in [0.25, 0.3) is 32.2 Å². The monoisotopic (exact) mass is 584 g/mol. The Hall–Kier alpha value is -3.43. The van der Waals surface area contributed by atoms with Gasteiger partial charge in [0.05, 0.1) is 34.6 Å². The molecule has 0 aliphatic carbocycles. The molecular formula is C27H19Cl3N4O3S. The average molecular weight is 586 g/mol. The molecule has 5 aromatic rings. The molecule has 192 valence electrons. The number of aliphatic carboxylic acids is 1. The van der Waals surface area contributed by atoms with E-state index in [1.54, 1.807) is 30.3 Å². The number of nitrogens with one attached hydrogen (secondary N) is 1. The van der Waals surface area contributed by atoms with E-state index in [1.165, 1.54) is 11.3 Å². The molecule has 0 radical (unpaired) electrons. The number of carboxylic acids is 1. The van der Waals surface area contributed by atoms with Gasteiger partial charge >= 0.3 is 5.97 Å². The van der Waals surface area contributed by atoms with E-state index in [0.717, 1.165) is 32.0 Å². The van der Waals surface area contributed by atoms with Crippen molar-refractivity contribution in [2.45, 2.75) is 13.0 Å². The molecule has 0 atom stereocenters. The number of hydrogen-bond acceptors (Lipinski definition) is 5. The maximum absolute atomic E-state index is 12.3. The molecule has 7 nitrogen and oxygen atoms in total. The second-order valence-corrected chi connectivity index (χ2v) is 10.8. The smallest absolute Gasteiger partial charge is 0.305 e. The topological polar surface area (TPSA) is 97.1 Å². The summed E-state index contributed by atoms with van der Waals surface area (Å²) < 4.78 is 2.82. The summed E-state index contributed by atoms with van der Waals surface area (Å²) in [5.41, 5.74) is 4.47. The number of hydrogen-bond donors (Lipinski definition) is 2. The summed E-state index contributed by atoms with van der Waals surface area (Å²) in [6, 6.07) is 19.9. The summed E-state index contributed by atoms with van der Waals surface area (Å²) in [7, 11) is 0. The molecule has 0 saturated carbocycles. The van der Waals surface area contributed by atoms with Crippen molar-refractivity contribution in [1.82, 2.24) is 20.1 Å². The fourth-order valence-corrected chi connectivity index (χ4v) is 5.67. The number of aromatic nitrogens is 3. The summed E-state index contributed by atoms with van der Waals surface area (Å²) in [6.07, 6.45) is -0.135. The van der Waals surface area contributed by atoms with Crippen molar-refractivity contribution in [3.8, 4) is 22.0 Å². The summed E-state index contributed by atoms with van der Waals surface area (Å²) in [5, 5.41) is 18.6. The minimum absolute atomic E-state index is 0.0657. The lowest BCUT2D eigenvalue weighted by molar-refractivity contribution is -0.136. The predicted octanol–water partition coefficient (Wildman–Crippen LogP) is 7.04. The fourth-order valence-electron chi connectivity index (χ4n) is 3.88. The van der Waals surface area contributed by atoms with E-state index in [4.69, 9.17) is 50.0 Å². The van der Waals surface area contributed by atoms with Gasteiger partial charge in [0.2, 0.25) is 0 Å². The quantitative estimate of drug-likeness (QED) is 0.204. The van der Waals surface area contributed by atoms with Crippen molar-refractivity contribution in [3.05, 3.63) is 92.9 Å². The van der Waals surface area contributed by atoms with Gasteiger partial charge in [0.1, 0.15) is 5.01 Å². The maximum Gasteiger partial charge on any atom is 0.305 e. The molecular weight excluding hydrogens is 567 g/mol. The molecule has 5 rings (SSSR count). The molecule has 0 bridgehead atoms. The number of carbonyl (C=O) groups is 2. The summed E-state index contributed by atoms with van der Waals surface area (Å²) in [5.74, 6) is -1.29. The van der Waals surface area contributed by atoms with Crippen LogP contribution in [0, 0.1) is 0 Å². The highest BCUT2D eigenvalue weighted by molar-refractivity contribution is 7.21. The third kappa shape index (κ3) is 6.00. The second-order valence-electron chi connectivity index (χ2n) is 8.46. The standard InChI is InChI=1S/C27H19Cl3N4O3S/c28-18-5-6-21-24(12-18)38-27(32-21)23-13-22(17-9-19(29)11-20(30)10-17)33-34(23)14-15-1-3-16(4-2-15)26(37)31-8-7-25(35)36/h1-6,9-13H,7-8,14H2,(H,31,37)(H,35,36). The van der Waals surface area contributed by atoms with E-state index in [1.807, 2.05) is 41.1 Å². The predicted molar refractivity (Wildman–Crippen MR) is 151 cm³/mol. The molecule has 11 heteroatoms. The zero-order valence-corrected chi connectivity index (χ0v) is 22.7. The highest BCUT2D eigenvalue weighted by atomic mass is 35.5. The lowest BCUT2D eigenvalue weighted by Gasteiger charge is -2.08. The Balaban J connectivity index is 1.47. The summed E-state index contributed by atoms with van der Waals surface area (Å²) in [4.78, 5) is 27.8. The van der Waals surface area contributed by atoms with E-state index >= 15 is 0 Å². The van der Waals surface area contributed by atoms with E-state index in [9.17, 15) is 9.59 Å². The van der Waals surface area contributed by atoms with E-state index in [0.29, 0.717) is 32.9 Å². The average Bonchev–Trinajstić information content (AvgIpc) is 3.47. The van der Waals surface area contributed by atoms with Crippen LogP contribution in [0.3, 0.4) is 0 Å². The Bertz CT molecular complexity index is 1640. The minimum Gasteiger partial charge on any atom is -0.481 e. The van der Waals surface area contributed by atoms with Crippen molar-refractivity contribution in [3.63, 3.8) is 0 Å². The number of rotatable bonds is 8. The van der Waals surface area contributed by atoms with Crippen LogP contribution in [0.15, 0.2) is 66.7 Å². The van der Waals surface area contributed by atoms with Gasteiger partial charge in [0.15, 0.2) is 0 Å². The second kappa shape index (κ2) is 11.1. The molecule has 0 fully saturated rings. The van der Waals surface area contributed by atoms with Gasteiger partial charge in [0, 0.05) is 32.7 Å². The number of carboxylic acid groups (broad SMARTS) is 1. The highest BCUT2D eigenvalue weighted by Gasteiger charge is 2.17. The van der Waals surface area contributed by atoms with Gasteiger partial charge in [-0.15, -0.1) is 11.3 Å². The minimum atomic E-state index is -0.966. The molecule has 2 N–H and O–H groups in total. The van der Waals surface area contributed by atoms with Crippen molar-refractivity contribution < 1.29 is 14.7 Å². The lowest BCUT2D eigenvalue weighted by atomic mass is 10.1. The number of carbonyl (C=O) groups excluding carboxylic acids is 1. The fraction of sp³-hybridized carbons (Fsp3) is 0.111. The zero-order chi connectivity index (χ0) is 26.8. The van der Waals surface area contributed by atoms with E-state index in [2.05, 4.69) is 5.32 Å². The Morgan fingerprint density at radius 2 is 1.66 bits per heavy atom. The number of nitrogens with zero attached hydrogens (tertiary/aromatic N) is 3. The Labute approximate surface area is 236 Å². The molecule has 2 aromatic heterocycles. The van der Waals surface area contributed by atoms with Crippen LogP contribution < -0.4 is 5.32 Å². The molecule has 1 amide bonds. The van der Waals surface area contributed by atoms with Gasteiger partial charge in [-0.3, -0.25) is 14.3 Å². The molecule has 0 saturated heterocycles. The Morgan fingerprint density at radius 3 is 2.37 bits per heavy atom. The molecule has 38 heavy (non-hydrogen) atoms. The molecule has 2 heterocycles. The molecule has 0 spiro atoms. The lowest BCUT2D eigenvalue weighted by Crippen LogP contribution is -2.25. The van der Waals surface area contributed by atoms with E-state index in [-0.39, 0.29) is 18.9 Å². The van der Waals surface area contributed by atoms with E-state index < -0.39 is 5.97 Å². The summed E-state index contributed by atoms with van der Waals surface area (Å²) >= 11 is 20.2. The SMILES string of the molecule is O=C(O)CCNC(=O)c1ccc(Cn2nc(-c3cc(Cl)cc(Cl)c3)cc2-c2nc3ccc(Cl)cc3s2)cc1. The number of halogens is 3. The number of amides is 1. The highest BCUT2D eigenvalue weighted by Crippen LogP contribution is 2.35. The largest absolute Gasteiger partial charge is 0.481 e. The van der Waals surface area contributed by atoms with Gasteiger partial charge in [-0.1, -0.05) is 46.9 Å². The van der Waals surface area contributed by atoms with Gasteiger partial charge < -0.3 is 10.4 Å². The Morgan fingerprint density at radius 1 is 0.921 bits per heavy atom. The van der Waals surface area contributed by atoms with Crippen molar-refractivity contribution in [2.75, 3.05) is 6.54 Å². The zero-order valence-electron chi connectivity index (χ0n) is 19.6. The van der Waals surface area contributed by atoms with Gasteiger partial charge in [-0.2, -0.15) is 5.10 Å². The van der Waals surface area contributed by atoms with Crippen LogP contribution in [-0.2, 0) is 11.3 Å². The maximum atomic E-state index is 12.3. The Kier molecular flexibility index (Phi) is 7.67. The van der Waals surface area contributed by atoms with Crippen LogP contribution in [0.1, 0.15) is 22.3 Å². The number of thiazole rings is 1. The third-order valence-electron chi connectivity index (χ3n) is 5.68. The molecule has 3 aromatic carbocycles. The third-order valence-corrected chi connectivity index (χ3v) is 7.39. The van der Waals surface area contributed by atoms with Crippen LogP contribution in [-0.4, -0.2) is 38.3 Å². The van der Waals surface area contributed by atoms with Crippen LogP contribution in [0.5, 0.6) is 0 Å². The van der Waals surface area contributed by atoms with Crippen molar-refractivity contribution >= 4 is 68.2 Å². The molecule has 0 aliphatic rings. The molecule has 0 unspecified atom stereocenters. The first-order chi connectivity index (χ1) is 18.2. The van der Waals surface area contributed by atoms with Gasteiger partial charge in [-0.25, -0.2) is 4.98 Å².